The van der Waals surface area contributed by atoms with Crippen LogP contribution in [0.1, 0.15) is 52.0 Å². The Hall–Kier alpha value is -4.12. The molecule has 1 heterocycles. The van der Waals surface area contributed by atoms with E-state index in [1.165, 1.54) is 19.1 Å². The molecule has 0 fully saturated rings. The molecule has 0 bridgehead atoms. The number of hydrogen-bond donors (Lipinski definition) is 3. The normalized spacial score (nSPS) is 11.6. The van der Waals surface area contributed by atoms with Crippen LogP contribution < -0.4 is 31.2 Å². The number of rotatable bonds is 11. The maximum atomic E-state index is 14.0. The molecule has 3 rings (SSSR count). The summed E-state index contributed by atoms with van der Waals surface area (Å²) in [6.45, 7) is 4.53. The Morgan fingerprint density at radius 2 is 1.73 bits per heavy atom. The molecule has 3 aromatic rings. The van der Waals surface area contributed by atoms with Crippen molar-refractivity contribution in [3.05, 3.63) is 64.7 Å². The number of carbonyl (C=O) groups is 3. The van der Waals surface area contributed by atoms with Crippen LogP contribution >= 0.6 is 11.5 Å². The van der Waals surface area contributed by atoms with Crippen molar-refractivity contribution in [1.29, 1.82) is 0 Å². The van der Waals surface area contributed by atoms with Gasteiger partial charge in [-0.15, -0.1) is 0 Å². The van der Waals surface area contributed by atoms with Crippen molar-refractivity contribution < 1.29 is 23.9 Å². The molecule has 11 heteroatoms. The van der Waals surface area contributed by atoms with Gasteiger partial charge in [-0.1, -0.05) is 38.1 Å². The molecule has 0 radical (unpaired) electrons. The van der Waals surface area contributed by atoms with Gasteiger partial charge in [0.25, 0.3) is 11.8 Å². The fourth-order valence-electron chi connectivity index (χ4n) is 3.73. The lowest BCUT2D eigenvalue weighted by atomic mass is 10.0. The molecule has 0 aliphatic rings. The molecule has 0 aliphatic heterocycles. The van der Waals surface area contributed by atoms with E-state index in [4.69, 9.17) is 20.9 Å². The van der Waals surface area contributed by atoms with Crippen molar-refractivity contribution in [3.63, 3.8) is 0 Å². The van der Waals surface area contributed by atoms with Crippen LogP contribution in [0.25, 0.3) is 0 Å². The Kier molecular flexibility index (Phi) is 9.07. The molecule has 0 saturated carbocycles. The van der Waals surface area contributed by atoms with Gasteiger partial charge >= 0.3 is 0 Å². The van der Waals surface area contributed by atoms with Crippen LogP contribution in [-0.2, 0) is 4.79 Å². The highest BCUT2D eigenvalue weighted by molar-refractivity contribution is 7.09. The second-order valence-electron chi connectivity index (χ2n) is 8.64. The number of carbonyl (C=O) groups excluding carboxylic acids is 3. The minimum absolute atomic E-state index is 0.00175. The van der Waals surface area contributed by atoms with Gasteiger partial charge in [0.15, 0.2) is 17.2 Å². The van der Waals surface area contributed by atoms with E-state index in [2.05, 4.69) is 23.5 Å². The Morgan fingerprint density at radius 3 is 2.30 bits per heavy atom. The molecule has 1 atom stereocenters. The van der Waals surface area contributed by atoms with Crippen molar-refractivity contribution in [2.75, 3.05) is 31.4 Å². The van der Waals surface area contributed by atoms with Gasteiger partial charge in [-0.2, -0.15) is 4.37 Å². The van der Waals surface area contributed by atoms with Gasteiger partial charge in [0.1, 0.15) is 10.9 Å². The molecular formula is C26H31N5O5S. The average molecular weight is 526 g/mol. The number of nitrogen functional groups attached to an aromatic ring is 1. The summed E-state index contributed by atoms with van der Waals surface area (Å²) >= 11 is 0.752. The number of nitrogens with two attached hydrogens (primary N) is 2. The fraction of sp³-hybridized carbons (Fsp3) is 0.308. The van der Waals surface area contributed by atoms with E-state index < -0.39 is 23.8 Å². The summed E-state index contributed by atoms with van der Waals surface area (Å²) < 4.78 is 14.8. The zero-order valence-corrected chi connectivity index (χ0v) is 22.0. The van der Waals surface area contributed by atoms with Crippen LogP contribution in [0.15, 0.2) is 48.5 Å². The van der Waals surface area contributed by atoms with Crippen molar-refractivity contribution in [2.45, 2.75) is 26.3 Å². The second-order valence-corrected chi connectivity index (χ2v) is 9.41. The molecule has 1 aromatic heterocycles. The molecular weight excluding hydrogens is 494 g/mol. The van der Waals surface area contributed by atoms with Crippen LogP contribution in [-0.4, -0.2) is 42.9 Å². The number of ether oxygens (including phenoxy) is 2. The Balaban J connectivity index is 2.19. The number of anilines is 2. The predicted molar refractivity (Wildman–Crippen MR) is 143 cm³/mol. The third-order valence-electron chi connectivity index (χ3n) is 5.66. The standard InChI is InChI=1S/C26H31N5O5S/c1-15(2)12-13-29-25(33)22(16-10-11-18(35-3)19(14-16)36-4)31(17-8-6-5-7-9-17)26(34)23-20(27)21(24(28)32)30-37-23/h5-11,14-15,22H,12-13,27H2,1-4H3,(H2,28,32)(H,29,33). The number of aromatic nitrogens is 1. The number of nitrogens with zero attached hydrogens (tertiary/aromatic N) is 2. The van der Waals surface area contributed by atoms with Gasteiger partial charge in [0.05, 0.1) is 19.9 Å². The summed E-state index contributed by atoms with van der Waals surface area (Å²) in [7, 11) is 3.00. The summed E-state index contributed by atoms with van der Waals surface area (Å²) in [6.07, 6.45) is 0.757. The van der Waals surface area contributed by atoms with Gasteiger partial charge in [0.2, 0.25) is 5.91 Å². The molecule has 0 aliphatic carbocycles. The quantitative estimate of drug-likeness (QED) is 0.347. The van der Waals surface area contributed by atoms with Crippen molar-refractivity contribution in [2.24, 2.45) is 11.7 Å². The molecule has 37 heavy (non-hydrogen) atoms. The van der Waals surface area contributed by atoms with Gasteiger partial charge in [-0.3, -0.25) is 19.3 Å². The monoisotopic (exact) mass is 525 g/mol. The summed E-state index contributed by atoms with van der Waals surface area (Å²) in [4.78, 5) is 40.8. The van der Waals surface area contributed by atoms with E-state index in [1.807, 2.05) is 0 Å². The fourth-order valence-corrected chi connectivity index (χ4v) is 4.47. The van der Waals surface area contributed by atoms with E-state index in [1.54, 1.807) is 48.5 Å². The number of hydrogen-bond acceptors (Lipinski definition) is 8. The average Bonchev–Trinajstić information content (AvgIpc) is 3.28. The first-order valence-electron chi connectivity index (χ1n) is 11.6. The van der Waals surface area contributed by atoms with Gasteiger partial charge in [0, 0.05) is 12.2 Å². The minimum Gasteiger partial charge on any atom is -0.493 e. The van der Waals surface area contributed by atoms with Crippen LogP contribution in [0.4, 0.5) is 11.4 Å². The number of benzene rings is 2. The number of primary amides is 1. The van der Waals surface area contributed by atoms with E-state index in [9.17, 15) is 14.4 Å². The van der Waals surface area contributed by atoms with Crippen LogP contribution in [0.2, 0.25) is 0 Å². The number of nitrogens with one attached hydrogen (secondary N) is 1. The van der Waals surface area contributed by atoms with Crippen molar-refractivity contribution >= 4 is 40.6 Å². The highest BCUT2D eigenvalue weighted by Crippen LogP contribution is 2.36. The zero-order valence-electron chi connectivity index (χ0n) is 21.2. The van der Waals surface area contributed by atoms with Crippen LogP contribution in [0, 0.1) is 5.92 Å². The van der Waals surface area contributed by atoms with Gasteiger partial charge < -0.3 is 26.3 Å². The summed E-state index contributed by atoms with van der Waals surface area (Å²) in [5, 5.41) is 2.95. The molecule has 196 valence electrons. The Morgan fingerprint density at radius 1 is 1.05 bits per heavy atom. The van der Waals surface area contributed by atoms with Crippen molar-refractivity contribution in [1.82, 2.24) is 9.69 Å². The lowest BCUT2D eigenvalue weighted by molar-refractivity contribution is -0.122. The Bertz CT molecular complexity index is 1260. The Labute approximate surface area is 219 Å². The van der Waals surface area contributed by atoms with E-state index in [-0.39, 0.29) is 16.3 Å². The summed E-state index contributed by atoms with van der Waals surface area (Å²) in [5.74, 6) is -0.608. The third-order valence-corrected chi connectivity index (χ3v) is 6.51. The molecule has 10 nitrogen and oxygen atoms in total. The van der Waals surface area contributed by atoms with E-state index >= 15 is 0 Å². The largest absolute Gasteiger partial charge is 0.493 e. The van der Waals surface area contributed by atoms with E-state index in [0.29, 0.717) is 35.2 Å². The number of methoxy groups -OCH3 is 2. The first-order valence-corrected chi connectivity index (χ1v) is 12.4. The van der Waals surface area contributed by atoms with Crippen molar-refractivity contribution in [3.8, 4) is 11.5 Å². The highest BCUT2D eigenvalue weighted by Gasteiger charge is 2.36. The SMILES string of the molecule is COc1ccc(C(C(=O)NCCC(C)C)N(C(=O)c2snc(C(N)=O)c2N)c2ccccc2)cc1OC. The maximum absolute atomic E-state index is 14.0. The molecule has 1 unspecified atom stereocenters. The number of para-hydroxylation sites is 1. The molecule has 2 aromatic carbocycles. The smallest absolute Gasteiger partial charge is 0.273 e. The maximum Gasteiger partial charge on any atom is 0.273 e. The lowest BCUT2D eigenvalue weighted by Gasteiger charge is -2.31. The summed E-state index contributed by atoms with van der Waals surface area (Å²) in [5.41, 5.74) is 12.1. The van der Waals surface area contributed by atoms with Gasteiger partial charge in [-0.25, -0.2) is 0 Å². The first-order chi connectivity index (χ1) is 17.7. The van der Waals surface area contributed by atoms with E-state index in [0.717, 1.165) is 18.0 Å². The summed E-state index contributed by atoms with van der Waals surface area (Å²) in [6, 6.07) is 12.6. The molecule has 5 N–H and O–H groups in total. The second kappa shape index (κ2) is 12.2. The van der Waals surface area contributed by atoms with Crippen LogP contribution in [0.5, 0.6) is 11.5 Å². The minimum atomic E-state index is -1.11. The highest BCUT2D eigenvalue weighted by atomic mass is 32.1. The third kappa shape index (κ3) is 6.18. The molecule has 3 amide bonds. The first kappa shape index (κ1) is 27.5. The zero-order chi connectivity index (χ0) is 27.1. The van der Waals surface area contributed by atoms with Gasteiger partial charge in [-0.05, 0) is 53.7 Å². The molecule has 0 saturated heterocycles. The number of amides is 3. The van der Waals surface area contributed by atoms with Crippen LogP contribution in [0.3, 0.4) is 0 Å². The predicted octanol–water partition coefficient (Wildman–Crippen LogP) is 3.39. The lowest BCUT2D eigenvalue weighted by Crippen LogP contribution is -2.44. The molecule has 0 spiro atoms. The topological polar surface area (TPSA) is 150 Å².